The highest BCUT2D eigenvalue weighted by atomic mass is 16.4. The highest BCUT2D eigenvalue weighted by Gasteiger charge is 2.36. The molecule has 0 aliphatic carbocycles. The third-order valence-electron chi connectivity index (χ3n) is 3.88. The number of carboxylic acid groups (broad SMARTS) is 1. The minimum Gasteiger partial charge on any atom is -0.481 e. The Kier molecular flexibility index (Phi) is 5.74. The van der Waals surface area contributed by atoms with Crippen molar-refractivity contribution in [2.45, 2.75) is 46.6 Å². The van der Waals surface area contributed by atoms with Crippen LogP contribution in [0.25, 0.3) is 0 Å². The number of rotatable bonds is 7. The normalized spacial score (nSPS) is 11.2. The van der Waals surface area contributed by atoms with Gasteiger partial charge < -0.3 is 10.4 Å². The zero-order chi connectivity index (χ0) is 15.2. The first-order valence-electron chi connectivity index (χ1n) is 6.99. The van der Waals surface area contributed by atoms with E-state index in [0.717, 1.165) is 11.1 Å². The molecule has 0 bridgehead atoms. The maximum Gasteiger partial charge on any atom is 0.310 e. The van der Waals surface area contributed by atoms with Gasteiger partial charge in [0, 0.05) is 13.0 Å². The molecule has 1 aromatic rings. The molecule has 1 amide bonds. The van der Waals surface area contributed by atoms with Gasteiger partial charge in [0.05, 0.1) is 5.41 Å². The predicted octanol–water partition coefficient (Wildman–Crippen LogP) is 2.89. The molecule has 0 aliphatic rings. The van der Waals surface area contributed by atoms with E-state index in [2.05, 4.69) is 5.32 Å². The van der Waals surface area contributed by atoms with E-state index < -0.39 is 11.4 Å². The van der Waals surface area contributed by atoms with Crippen LogP contribution in [0.3, 0.4) is 0 Å². The molecule has 0 aromatic heterocycles. The van der Waals surface area contributed by atoms with E-state index in [1.54, 1.807) is 0 Å². The van der Waals surface area contributed by atoms with Crippen molar-refractivity contribution >= 4 is 11.9 Å². The van der Waals surface area contributed by atoms with Crippen LogP contribution in [0, 0.1) is 12.3 Å². The van der Waals surface area contributed by atoms with Crippen molar-refractivity contribution < 1.29 is 14.7 Å². The Hall–Kier alpha value is -1.84. The second-order valence-electron chi connectivity index (χ2n) is 5.24. The summed E-state index contributed by atoms with van der Waals surface area (Å²) in [6.45, 7) is 6.05. The Morgan fingerprint density at radius 2 is 1.90 bits per heavy atom. The molecule has 4 nitrogen and oxygen atoms in total. The molecule has 0 fully saturated rings. The lowest BCUT2D eigenvalue weighted by molar-refractivity contribution is -0.152. The molecule has 20 heavy (non-hydrogen) atoms. The third kappa shape index (κ3) is 4.08. The van der Waals surface area contributed by atoms with Crippen LogP contribution < -0.4 is 5.32 Å². The maximum absolute atomic E-state index is 12.0. The molecule has 0 saturated heterocycles. The Morgan fingerprint density at radius 3 is 2.40 bits per heavy atom. The lowest BCUT2D eigenvalue weighted by atomic mass is 9.79. The zero-order valence-electron chi connectivity index (χ0n) is 12.4. The van der Waals surface area contributed by atoms with Crippen molar-refractivity contribution in [1.82, 2.24) is 5.32 Å². The van der Waals surface area contributed by atoms with E-state index in [1.165, 1.54) is 0 Å². The summed E-state index contributed by atoms with van der Waals surface area (Å²) < 4.78 is 0. The molecule has 1 aromatic carbocycles. The fourth-order valence-electron chi connectivity index (χ4n) is 2.27. The predicted molar refractivity (Wildman–Crippen MR) is 78.3 cm³/mol. The van der Waals surface area contributed by atoms with Crippen molar-refractivity contribution in [2.24, 2.45) is 5.41 Å². The van der Waals surface area contributed by atoms with Crippen LogP contribution in [-0.4, -0.2) is 17.0 Å². The molecule has 0 heterocycles. The summed E-state index contributed by atoms with van der Waals surface area (Å²) in [5, 5.41) is 12.1. The van der Waals surface area contributed by atoms with Gasteiger partial charge in [0.2, 0.25) is 5.91 Å². The van der Waals surface area contributed by atoms with Gasteiger partial charge in [0.25, 0.3) is 0 Å². The molecule has 0 spiro atoms. The molecule has 2 N–H and O–H groups in total. The summed E-state index contributed by atoms with van der Waals surface area (Å²) >= 11 is 0. The topological polar surface area (TPSA) is 66.4 Å². The number of carbonyl (C=O) groups excluding carboxylic acids is 1. The summed E-state index contributed by atoms with van der Waals surface area (Å²) in [4.78, 5) is 23.3. The van der Waals surface area contributed by atoms with Crippen molar-refractivity contribution in [2.75, 3.05) is 0 Å². The highest BCUT2D eigenvalue weighted by molar-refractivity contribution is 5.84. The second kappa shape index (κ2) is 7.08. The number of hydrogen-bond donors (Lipinski definition) is 2. The van der Waals surface area contributed by atoms with Crippen molar-refractivity contribution in [3.8, 4) is 0 Å². The quantitative estimate of drug-likeness (QED) is 0.805. The number of amides is 1. The first-order valence-corrected chi connectivity index (χ1v) is 6.99. The summed E-state index contributed by atoms with van der Waals surface area (Å²) in [6, 6.07) is 7.88. The van der Waals surface area contributed by atoms with E-state index in [4.69, 9.17) is 0 Å². The number of carboxylic acids is 1. The van der Waals surface area contributed by atoms with Crippen molar-refractivity contribution in [3.05, 3.63) is 35.4 Å². The van der Waals surface area contributed by atoms with Crippen LogP contribution in [0.2, 0.25) is 0 Å². The molecule has 1 rings (SSSR count). The number of benzene rings is 1. The lowest BCUT2D eigenvalue weighted by Gasteiger charge is -2.25. The number of aliphatic carboxylic acids is 1. The molecular formula is C16H23NO3. The Balaban J connectivity index is 2.61. The molecule has 0 saturated carbocycles. The molecule has 0 radical (unpaired) electrons. The molecule has 110 valence electrons. The summed E-state index contributed by atoms with van der Waals surface area (Å²) in [6.07, 6.45) is 0.939. The largest absolute Gasteiger partial charge is 0.481 e. The van der Waals surface area contributed by atoms with Crippen LogP contribution in [0.1, 0.15) is 44.2 Å². The number of nitrogens with one attached hydrogen (secondary N) is 1. The van der Waals surface area contributed by atoms with E-state index >= 15 is 0 Å². The minimum atomic E-state index is -0.948. The number of aryl methyl sites for hydroxylation is 1. The van der Waals surface area contributed by atoms with E-state index in [9.17, 15) is 14.7 Å². The number of carbonyl (C=O) groups is 2. The second-order valence-corrected chi connectivity index (χ2v) is 5.24. The van der Waals surface area contributed by atoms with Gasteiger partial charge in [-0.3, -0.25) is 9.59 Å². The van der Waals surface area contributed by atoms with Crippen LogP contribution >= 0.6 is 0 Å². The summed E-state index contributed by atoms with van der Waals surface area (Å²) in [5.41, 5.74) is 1.21. The van der Waals surface area contributed by atoms with Crippen LogP contribution in [0.5, 0.6) is 0 Å². The Labute approximate surface area is 120 Å². The average molecular weight is 277 g/mol. The van der Waals surface area contributed by atoms with Gasteiger partial charge >= 0.3 is 5.97 Å². The summed E-state index contributed by atoms with van der Waals surface area (Å²) in [5.74, 6) is -1.11. The molecule has 0 atom stereocenters. The van der Waals surface area contributed by atoms with Crippen molar-refractivity contribution in [1.29, 1.82) is 0 Å². The third-order valence-corrected chi connectivity index (χ3v) is 3.88. The SMILES string of the molecule is CCC(CC)(CC(=O)NCc1cccc(C)c1)C(=O)O. The average Bonchev–Trinajstić information content (AvgIpc) is 2.42. The van der Waals surface area contributed by atoms with Crippen LogP contribution in [0.4, 0.5) is 0 Å². The van der Waals surface area contributed by atoms with Crippen LogP contribution in [0.15, 0.2) is 24.3 Å². The standard InChI is InChI=1S/C16H23NO3/c1-4-16(5-2,15(19)20)10-14(18)17-11-13-8-6-7-12(3)9-13/h6-9H,4-5,10-11H2,1-3H3,(H,17,18)(H,19,20). The van der Waals surface area contributed by atoms with Gasteiger partial charge in [0.15, 0.2) is 0 Å². The molecule has 0 unspecified atom stereocenters. The monoisotopic (exact) mass is 277 g/mol. The van der Waals surface area contributed by atoms with E-state index in [-0.39, 0.29) is 12.3 Å². The van der Waals surface area contributed by atoms with Gasteiger partial charge in [-0.2, -0.15) is 0 Å². The van der Waals surface area contributed by atoms with Crippen LogP contribution in [-0.2, 0) is 16.1 Å². The van der Waals surface area contributed by atoms with Gasteiger partial charge in [-0.15, -0.1) is 0 Å². The first kappa shape index (κ1) is 16.2. The highest BCUT2D eigenvalue weighted by Crippen LogP contribution is 2.30. The smallest absolute Gasteiger partial charge is 0.310 e. The first-order chi connectivity index (χ1) is 9.43. The van der Waals surface area contributed by atoms with Gasteiger partial charge in [-0.1, -0.05) is 43.7 Å². The van der Waals surface area contributed by atoms with Gasteiger partial charge in [-0.25, -0.2) is 0 Å². The Morgan fingerprint density at radius 1 is 1.25 bits per heavy atom. The maximum atomic E-state index is 12.0. The Bertz CT molecular complexity index is 478. The molecule has 4 heteroatoms. The zero-order valence-corrected chi connectivity index (χ0v) is 12.4. The number of hydrogen-bond acceptors (Lipinski definition) is 2. The molecular weight excluding hydrogens is 254 g/mol. The summed E-state index contributed by atoms with van der Waals surface area (Å²) in [7, 11) is 0. The van der Waals surface area contributed by atoms with Crippen molar-refractivity contribution in [3.63, 3.8) is 0 Å². The van der Waals surface area contributed by atoms with E-state index in [0.29, 0.717) is 19.4 Å². The fraction of sp³-hybridized carbons (Fsp3) is 0.500. The van der Waals surface area contributed by atoms with Gasteiger partial charge in [-0.05, 0) is 25.3 Å². The van der Waals surface area contributed by atoms with Gasteiger partial charge in [0.1, 0.15) is 0 Å². The molecule has 0 aliphatic heterocycles. The lowest BCUT2D eigenvalue weighted by Crippen LogP contribution is -2.36. The van der Waals surface area contributed by atoms with E-state index in [1.807, 2.05) is 45.0 Å². The fourth-order valence-corrected chi connectivity index (χ4v) is 2.27. The minimum absolute atomic E-state index is 0.0289.